The average Bonchev–Trinajstić information content (AvgIpc) is 2.74. The molecule has 0 unspecified atom stereocenters. The molecule has 0 aromatic heterocycles. The number of rotatable bonds is 3. The third-order valence-electron chi connectivity index (χ3n) is 1.70. The minimum atomic E-state index is 0.792. The van der Waals surface area contributed by atoms with E-state index in [4.69, 9.17) is 0 Å². The van der Waals surface area contributed by atoms with Gasteiger partial charge in [-0.15, -0.1) is 0 Å². The molecule has 0 N–H and O–H groups in total. The molecule has 2 rings (SSSR count). The van der Waals surface area contributed by atoms with E-state index in [9.17, 15) is 0 Å². The van der Waals surface area contributed by atoms with Crippen LogP contribution in [0.4, 0.5) is 0 Å². The van der Waals surface area contributed by atoms with Gasteiger partial charge in [-0.05, 0) is 0 Å². The zero-order valence-electron chi connectivity index (χ0n) is 6.59. The van der Waals surface area contributed by atoms with Crippen molar-refractivity contribution in [2.45, 2.75) is 0 Å². The number of allylic oxidation sites excluding steroid dienone is 4. The van der Waals surface area contributed by atoms with Gasteiger partial charge in [0.25, 0.3) is 0 Å². The van der Waals surface area contributed by atoms with Crippen molar-refractivity contribution in [2.75, 3.05) is 0 Å². The summed E-state index contributed by atoms with van der Waals surface area (Å²) in [6, 6.07) is 0. The molecule has 2 aliphatic rings. The van der Waals surface area contributed by atoms with Crippen LogP contribution in [0.1, 0.15) is 0 Å². The van der Waals surface area contributed by atoms with E-state index in [1.807, 2.05) is 0 Å². The molecule has 58 valence electrons. The SMILES string of the molecule is C1=CB([Se][Se]B2C=CC=C2)C=C1. The van der Waals surface area contributed by atoms with Gasteiger partial charge in [-0.25, -0.2) is 0 Å². The summed E-state index contributed by atoms with van der Waals surface area (Å²) in [5, 5.41) is 0. The Balaban J connectivity index is 1.74. The van der Waals surface area contributed by atoms with Crippen molar-refractivity contribution < 1.29 is 0 Å². The van der Waals surface area contributed by atoms with E-state index < -0.39 is 0 Å². The van der Waals surface area contributed by atoms with Crippen LogP contribution in [0, 0.1) is 0 Å². The third-order valence-corrected chi connectivity index (χ3v) is 10.2. The summed E-state index contributed by atoms with van der Waals surface area (Å²) in [5.74, 6) is 9.29. The van der Waals surface area contributed by atoms with E-state index in [1.165, 1.54) is 0 Å². The van der Waals surface area contributed by atoms with E-state index in [-0.39, 0.29) is 0 Å². The van der Waals surface area contributed by atoms with Gasteiger partial charge in [0.2, 0.25) is 0 Å². The predicted molar refractivity (Wildman–Crippen MR) is 59.6 cm³/mol. The molecule has 2 aliphatic heterocycles. The summed E-state index contributed by atoms with van der Waals surface area (Å²) < 4.78 is 0. The van der Waals surface area contributed by atoms with Crippen molar-refractivity contribution in [2.24, 2.45) is 0 Å². The van der Waals surface area contributed by atoms with Gasteiger partial charge in [0.15, 0.2) is 0 Å². The molecule has 0 radical (unpaired) electrons. The monoisotopic (exact) mass is 286 g/mol. The van der Waals surface area contributed by atoms with Crippen LogP contribution in [0.5, 0.6) is 0 Å². The Morgan fingerprint density at radius 1 is 0.583 bits per heavy atom. The van der Waals surface area contributed by atoms with Crippen LogP contribution in [0.3, 0.4) is 0 Å². The Morgan fingerprint density at radius 3 is 1.25 bits per heavy atom. The van der Waals surface area contributed by atoms with Crippen LogP contribution < -0.4 is 0 Å². The summed E-state index contributed by atoms with van der Waals surface area (Å²) >= 11 is 1.61. The first kappa shape index (κ1) is 8.71. The second kappa shape index (κ2) is 4.39. The standard InChI is InChI=1S/C8H8B2Se2/c1-2-6-9(5-1)11-12-10-7-3-4-8-10/h1-8H. The first-order chi connectivity index (χ1) is 5.95. The molecule has 0 atom stereocenters. The molecule has 0 saturated heterocycles. The summed E-state index contributed by atoms with van der Waals surface area (Å²) in [6.07, 6.45) is 8.68. The molecule has 0 aromatic carbocycles. The Bertz CT molecular complexity index is 216. The van der Waals surface area contributed by atoms with Crippen LogP contribution in [-0.2, 0) is 0 Å². The first-order valence-electron chi connectivity index (χ1n) is 3.97. The quantitative estimate of drug-likeness (QED) is 0.669. The predicted octanol–water partition coefficient (Wildman–Crippen LogP) is 0.702. The van der Waals surface area contributed by atoms with Crippen molar-refractivity contribution in [3.8, 4) is 0 Å². The van der Waals surface area contributed by atoms with Gasteiger partial charge in [-0.1, -0.05) is 0 Å². The van der Waals surface area contributed by atoms with E-state index in [1.54, 1.807) is 0 Å². The molecule has 12 heavy (non-hydrogen) atoms. The van der Waals surface area contributed by atoms with Gasteiger partial charge in [-0.2, -0.15) is 0 Å². The Hall–Kier alpha value is 0.129. The minimum absolute atomic E-state index is 0.792. The molecule has 2 heterocycles. The van der Waals surface area contributed by atoms with Crippen LogP contribution in [-0.4, -0.2) is 37.0 Å². The molecule has 4 heteroatoms. The first-order valence-corrected chi connectivity index (χ1v) is 10.3. The Kier molecular flexibility index (Phi) is 3.19. The number of hydrogen-bond donors (Lipinski definition) is 0. The Labute approximate surface area is 85.0 Å². The van der Waals surface area contributed by atoms with Gasteiger partial charge < -0.3 is 0 Å². The summed E-state index contributed by atoms with van der Waals surface area (Å²) in [7, 11) is 0. The van der Waals surface area contributed by atoms with Gasteiger partial charge >= 0.3 is 85.2 Å². The average molecular weight is 284 g/mol. The second-order valence-electron chi connectivity index (χ2n) is 2.66. The van der Waals surface area contributed by atoms with E-state index in [0.717, 1.165) is 37.0 Å². The molecule has 0 spiro atoms. The Morgan fingerprint density at radius 2 is 0.917 bits per heavy atom. The van der Waals surface area contributed by atoms with Gasteiger partial charge in [-0.3, -0.25) is 0 Å². The summed E-state index contributed by atoms with van der Waals surface area (Å²) in [5.41, 5.74) is 1.58. The number of hydrogen-bond acceptors (Lipinski definition) is 0. The normalized spacial score (nSPS) is 18.7. The molecule has 0 aliphatic carbocycles. The molecule has 0 bridgehead atoms. The van der Waals surface area contributed by atoms with Crippen LogP contribution >= 0.6 is 0 Å². The van der Waals surface area contributed by atoms with E-state index in [2.05, 4.69) is 48.2 Å². The molecule has 0 aromatic rings. The summed E-state index contributed by atoms with van der Waals surface area (Å²) in [4.78, 5) is 0. The maximum absolute atomic E-state index is 2.32. The van der Waals surface area contributed by atoms with Gasteiger partial charge in [0.05, 0.1) is 0 Å². The molecule has 0 amide bonds. The molecular weight excluding hydrogens is 276 g/mol. The zero-order chi connectivity index (χ0) is 8.23. The topological polar surface area (TPSA) is 0 Å². The molecule has 0 saturated carbocycles. The van der Waals surface area contributed by atoms with Crippen molar-refractivity contribution in [1.82, 2.24) is 0 Å². The van der Waals surface area contributed by atoms with Gasteiger partial charge in [0, 0.05) is 0 Å². The summed E-state index contributed by atoms with van der Waals surface area (Å²) in [6.45, 7) is 0. The van der Waals surface area contributed by atoms with E-state index >= 15 is 0 Å². The van der Waals surface area contributed by atoms with Crippen LogP contribution in [0.15, 0.2) is 48.2 Å². The maximum atomic E-state index is 2.32. The fraction of sp³-hybridized carbons (Fsp3) is 0. The zero-order valence-corrected chi connectivity index (χ0v) is 10.0. The van der Waals surface area contributed by atoms with Crippen molar-refractivity contribution in [1.29, 1.82) is 0 Å². The molecular formula is C8H8B2Se2. The molecule has 0 nitrogen and oxygen atoms in total. The van der Waals surface area contributed by atoms with Gasteiger partial charge in [0.1, 0.15) is 0 Å². The van der Waals surface area contributed by atoms with Crippen molar-refractivity contribution in [3.05, 3.63) is 48.2 Å². The van der Waals surface area contributed by atoms with E-state index in [0.29, 0.717) is 0 Å². The molecule has 0 fully saturated rings. The van der Waals surface area contributed by atoms with Crippen molar-refractivity contribution in [3.63, 3.8) is 0 Å². The van der Waals surface area contributed by atoms with Crippen LogP contribution in [0.25, 0.3) is 0 Å². The second-order valence-corrected chi connectivity index (χ2v) is 9.95. The third kappa shape index (κ3) is 2.31. The van der Waals surface area contributed by atoms with Crippen LogP contribution in [0.2, 0.25) is 0 Å². The fourth-order valence-electron chi connectivity index (χ4n) is 1.08. The fourth-order valence-corrected chi connectivity index (χ4v) is 8.51. The van der Waals surface area contributed by atoms with Crippen molar-refractivity contribution >= 4 is 37.0 Å².